The number of halogens is 1. The van der Waals surface area contributed by atoms with Gasteiger partial charge in [-0.05, 0) is 42.8 Å². The second-order valence-electron chi connectivity index (χ2n) is 4.17. The van der Waals surface area contributed by atoms with Gasteiger partial charge < -0.3 is 11.1 Å². The highest BCUT2D eigenvalue weighted by atomic mass is 19.1. The molecule has 19 heavy (non-hydrogen) atoms. The first-order valence-corrected chi connectivity index (χ1v) is 5.54. The van der Waals surface area contributed by atoms with Crippen LogP contribution in [0, 0.1) is 22.9 Å². The number of nitrogen functional groups attached to an aromatic ring is 1. The predicted octanol–water partition coefficient (Wildman–Crippen LogP) is 3.37. The normalized spacial score (nSPS) is 10.2. The third kappa shape index (κ3) is 2.98. The van der Waals surface area contributed by atoms with Gasteiger partial charge in [-0.15, -0.1) is 0 Å². The highest BCUT2D eigenvalue weighted by Crippen LogP contribution is 2.27. The Hall–Kier alpha value is -2.63. The molecule has 0 fully saturated rings. The van der Waals surface area contributed by atoms with E-state index in [0.29, 0.717) is 11.4 Å². The molecule has 0 atom stereocenters. The minimum atomic E-state index is -0.550. The Morgan fingerprint density at radius 2 is 1.95 bits per heavy atom. The van der Waals surface area contributed by atoms with E-state index in [-0.39, 0.29) is 17.2 Å². The lowest BCUT2D eigenvalue weighted by Gasteiger charge is -2.08. The molecule has 2 rings (SSSR count). The molecule has 2 aromatic rings. The lowest BCUT2D eigenvalue weighted by Crippen LogP contribution is -1.98. The SMILES string of the molecule is Cc1cc(F)cc(Nc2ccc([N+](=O)[O-])c(N)c2)c1. The number of anilines is 3. The minimum absolute atomic E-state index is 0.0584. The van der Waals surface area contributed by atoms with E-state index >= 15 is 0 Å². The second-order valence-corrected chi connectivity index (χ2v) is 4.17. The van der Waals surface area contributed by atoms with Crippen LogP contribution in [0.25, 0.3) is 0 Å². The van der Waals surface area contributed by atoms with Gasteiger partial charge in [0.15, 0.2) is 0 Å². The van der Waals surface area contributed by atoms with E-state index in [9.17, 15) is 14.5 Å². The van der Waals surface area contributed by atoms with Crippen molar-refractivity contribution in [3.8, 4) is 0 Å². The van der Waals surface area contributed by atoms with Gasteiger partial charge in [-0.3, -0.25) is 10.1 Å². The molecule has 6 heteroatoms. The monoisotopic (exact) mass is 261 g/mol. The van der Waals surface area contributed by atoms with Crippen LogP contribution in [-0.2, 0) is 0 Å². The third-order valence-corrected chi connectivity index (χ3v) is 2.56. The smallest absolute Gasteiger partial charge is 0.292 e. The summed E-state index contributed by atoms with van der Waals surface area (Å²) in [7, 11) is 0. The van der Waals surface area contributed by atoms with Crippen molar-refractivity contribution in [1.29, 1.82) is 0 Å². The number of benzene rings is 2. The molecule has 0 aliphatic heterocycles. The van der Waals surface area contributed by atoms with Gasteiger partial charge in [0.05, 0.1) is 4.92 Å². The lowest BCUT2D eigenvalue weighted by molar-refractivity contribution is -0.383. The molecule has 0 amide bonds. The number of nitrogens with two attached hydrogens (primary N) is 1. The maximum Gasteiger partial charge on any atom is 0.292 e. The summed E-state index contributed by atoms with van der Waals surface area (Å²) in [6, 6.07) is 8.79. The minimum Gasteiger partial charge on any atom is -0.393 e. The second kappa shape index (κ2) is 4.93. The van der Waals surface area contributed by atoms with Crippen LogP contribution in [0.4, 0.5) is 27.1 Å². The number of nitro groups is 1. The maximum absolute atomic E-state index is 13.2. The molecule has 5 nitrogen and oxygen atoms in total. The van der Waals surface area contributed by atoms with Crippen LogP contribution in [0.2, 0.25) is 0 Å². The summed E-state index contributed by atoms with van der Waals surface area (Å²) in [4.78, 5) is 10.1. The van der Waals surface area contributed by atoms with Crippen molar-refractivity contribution in [3.63, 3.8) is 0 Å². The summed E-state index contributed by atoms with van der Waals surface area (Å²) in [5, 5.41) is 13.6. The predicted molar refractivity (Wildman–Crippen MR) is 71.9 cm³/mol. The molecular formula is C13H12FN3O2. The first-order valence-electron chi connectivity index (χ1n) is 5.54. The van der Waals surface area contributed by atoms with Gasteiger partial charge in [-0.1, -0.05) is 0 Å². The summed E-state index contributed by atoms with van der Waals surface area (Å²) in [5.74, 6) is -0.350. The van der Waals surface area contributed by atoms with Crippen LogP contribution >= 0.6 is 0 Å². The van der Waals surface area contributed by atoms with Crippen molar-refractivity contribution in [2.75, 3.05) is 11.1 Å². The van der Waals surface area contributed by atoms with Crippen molar-refractivity contribution in [2.45, 2.75) is 6.92 Å². The van der Waals surface area contributed by atoms with Crippen LogP contribution in [0.5, 0.6) is 0 Å². The Morgan fingerprint density at radius 3 is 2.53 bits per heavy atom. The average Bonchev–Trinajstić information content (AvgIpc) is 2.26. The standard InChI is InChI=1S/C13H12FN3O2/c1-8-4-9(14)6-11(5-8)16-10-2-3-13(17(18)19)12(15)7-10/h2-7,16H,15H2,1H3. The number of nitrogens with zero attached hydrogens (tertiary/aromatic N) is 1. The summed E-state index contributed by atoms with van der Waals surface area (Å²) in [6.07, 6.45) is 0. The number of hydrogen-bond acceptors (Lipinski definition) is 4. The summed E-state index contributed by atoms with van der Waals surface area (Å²) < 4.78 is 13.2. The van der Waals surface area contributed by atoms with Gasteiger partial charge in [-0.25, -0.2) is 4.39 Å². The first-order chi connectivity index (χ1) is 8.95. The van der Waals surface area contributed by atoms with Gasteiger partial charge in [-0.2, -0.15) is 0 Å². The van der Waals surface area contributed by atoms with Crippen LogP contribution in [0.3, 0.4) is 0 Å². The molecule has 0 saturated carbocycles. The quantitative estimate of drug-likeness (QED) is 0.504. The summed E-state index contributed by atoms with van der Waals surface area (Å²) in [6.45, 7) is 1.78. The van der Waals surface area contributed by atoms with Crippen molar-refractivity contribution < 1.29 is 9.31 Å². The molecule has 0 aliphatic carbocycles. The van der Waals surface area contributed by atoms with Gasteiger partial charge in [0.2, 0.25) is 0 Å². The van der Waals surface area contributed by atoms with Crippen LogP contribution in [0.1, 0.15) is 5.56 Å². The molecule has 0 saturated heterocycles. The van der Waals surface area contributed by atoms with Gasteiger partial charge in [0.1, 0.15) is 11.5 Å². The fourth-order valence-electron chi connectivity index (χ4n) is 1.77. The zero-order valence-electron chi connectivity index (χ0n) is 10.2. The number of nitro benzene ring substituents is 1. The van der Waals surface area contributed by atoms with E-state index in [0.717, 1.165) is 5.56 Å². The van der Waals surface area contributed by atoms with E-state index in [1.54, 1.807) is 13.0 Å². The molecule has 0 spiro atoms. The fraction of sp³-hybridized carbons (Fsp3) is 0.0769. The topological polar surface area (TPSA) is 81.2 Å². The Kier molecular flexibility index (Phi) is 3.33. The van der Waals surface area contributed by atoms with Crippen LogP contribution in [0.15, 0.2) is 36.4 Å². The van der Waals surface area contributed by atoms with E-state index in [1.807, 2.05) is 0 Å². The molecule has 0 aromatic heterocycles. The molecule has 2 aromatic carbocycles. The van der Waals surface area contributed by atoms with Gasteiger partial charge in [0.25, 0.3) is 5.69 Å². The zero-order valence-corrected chi connectivity index (χ0v) is 10.2. The summed E-state index contributed by atoms with van der Waals surface area (Å²) >= 11 is 0. The zero-order chi connectivity index (χ0) is 14.0. The highest BCUT2D eigenvalue weighted by molar-refractivity contribution is 5.70. The number of hydrogen-bond donors (Lipinski definition) is 2. The maximum atomic E-state index is 13.2. The van der Waals surface area contributed by atoms with Crippen LogP contribution < -0.4 is 11.1 Å². The van der Waals surface area contributed by atoms with E-state index in [2.05, 4.69) is 5.32 Å². The molecule has 98 valence electrons. The number of nitrogens with one attached hydrogen (secondary N) is 1. The third-order valence-electron chi connectivity index (χ3n) is 2.56. The van der Waals surface area contributed by atoms with Crippen molar-refractivity contribution in [3.05, 3.63) is 57.9 Å². The number of rotatable bonds is 3. The number of aryl methyl sites for hydroxylation is 1. The first kappa shape index (κ1) is 12.8. The van der Waals surface area contributed by atoms with Gasteiger partial charge in [0, 0.05) is 17.4 Å². The molecule has 0 radical (unpaired) electrons. The molecule has 0 unspecified atom stereocenters. The van der Waals surface area contributed by atoms with Crippen molar-refractivity contribution in [1.82, 2.24) is 0 Å². The van der Waals surface area contributed by atoms with Crippen LogP contribution in [-0.4, -0.2) is 4.92 Å². The van der Waals surface area contributed by atoms with Crippen molar-refractivity contribution >= 4 is 22.7 Å². The van der Waals surface area contributed by atoms with E-state index in [1.165, 1.54) is 30.3 Å². The van der Waals surface area contributed by atoms with Gasteiger partial charge >= 0.3 is 0 Å². The van der Waals surface area contributed by atoms with Crippen molar-refractivity contribution in [2.24, 2.45) is 0 Å². The average molecular weight is 261 g/mol. The molecule has 0 heterocycles. The molecule has 0 aliphatic rings. The highest BCUT2D eigenvalue weighted by Gasteiger charge is 2.11. The Morgan fingerprint density at radius 1 is 1.21 bits per heavy atom. The summed E-state index contributed by atoms with van der Waals surface area (Å²) in [5.41, 5.74) is 7.39. The molecule has 3 N–H and O–H groups in total. The van der Waals surface area contributed by atoms with E-state index < -0.39 is 4.92 Å². The van der Waals surface area contributed by atoms with E-state index in [4.69, 9.17) is 5.73 Å². The fourth-order valence-corrected chi connectivity index (χ4v) is 1.77. The Labute approximate surface area is 109 Å². The Balaban J connectivity index is 2.28. The lowest BCUT2D eigenvalue weighted by atomic mass is 10.2. The molecular weight excluding hydrogens is 249 g/mol. The largest absolute Gasteiger partial charge is 0.393 e. The molecule has 0 bridgehead atoms. The Bertz CT molecular complexity index is 624.